The van der Waals surface area contributed by atoms with Crippen LogP contribution in [0.4, 0.5) is 5.69 Å². The van der Waals surface area contributed by atoms with Crippen molar-refractivity contribution in [3.8, 4) is 5.75 Å². The Morgan fingerprint density at radius 3 is 2.47 bits per heavy atom. The van der Waals surface area contributed by atoms with Crippen LogP contribution in [-0.2, 0) is 4.74 Å². The van der Waals surface area contributed by atoms with Gasteiger partial charge in [-0.15, -0.1) is 0 Å². The van der Waals surface area contributed by atoms with Gasteiger partial charge in [0.1, 0.15) is 5.75 Å². The summed E-state index contributed by atoms with van der Waals surface area (Å²) in [6.45, 7) is 7.93. The van der Waals surface area contributed by atoms with E-state index in [9.17, 15) is 5.11 Å². The number of benzene rings is 1. The van der Waals surface area contributed by atoms with Crippen molar-refractivity contribution >= 4 is 5.69 Å². The smallest absolute Gasteiger partial charge is 0.122 e. The van der Waals surface area contributed by atoms with E-state index >= 15 is 0 Å². The minimum atomic E-state index is 0.150. The minimum absolute atomic E-state index is 0.150. The summed E-state index contributed by atoms with van der Waals surface area (Å²) in [5.74, 6) is 0.353. The summed E-state index contributed by atoms with van der Waals surface area (Å²) in [6, 6.07) is 6.08. The minimum Gasteiger partial charge on any atom is -0.508 e. The van der Waals surface area contributed by atoms with Crippen molar-refractivity contribution in [1.29, 1.82) is 0 Å². The number of anilines is 1. The number of nitrogens with one attached hydrogen (secondary N) is 1. The maximum absolute atomic E-state index is 10.2. The van der Waals surface area contributed by atoms with Gasteiger partial charge in [0.25, 0.3) is 0 Å². The average molecular weight is 264 g/mol. The van der Waals surface area contributed by atoms with Gasteiger partial charge in [-0.25, -0.2) is 0 Å². The van der Waals surface area contributed by atoms with Crippen molar-refractivity contribution in [1.82, 2.24) is 5.32 Å². The Labute approximate surface area is 115 Å². The molecule has 1 aromatic carbocycles. The van der Waals surface area contributed by atoms with Crippen LogP contribution in [0.15, 0.2) is 18.2 Å². The first-order chi connectivity index (χ1) is 9.01. The van der Waals surface area contributed by atoms with Crippen LogP contribution < -0.4 is 10.2 Å². The summed E-state index contributed by atoms with van der Waals surface area (Å²) < 4.78 is 5.73. The zero-order chi connectivity index (χ0) is 14.0. The number of rotatable bonds is 3. The highest BCUT2D eigenvalue weighted by Crippen LogP contribution is 2.30. The Hall–Kier alpha value is -1.26. The fraction of sp³-hybridized carbons (Fsp3) is 0.600. The third-order valence-corrected chi connectivity index (χ3v) is 3.70. The van der Waals surface area contributed by atoms with Gasteiger partial charge in [0.2, 0.25) is 0 Å². The average Bonchev–Trinajstić information content (AvgIpc) is 2.36. The third kappa shape index (κ3) is 3.19. The highest BCUT2D eigenvalue weighted by atomic mass is 16.5. The molecule has 0 spiro atoms. The van der Waals surface area contributed by atoms with Gasteiger partial charge in [-0.3, -0.25) is 0 Å². The van der Waals surface area contributed by atoms with Crippen LogP contribution in [0, 0.1) is 0 Å². The van der Waals surface area contributed by atoms with Crippen LogP contribution in [0.3, 0.4) is 0 Å². The first-order valence-corrected chi connectivity index (χ1v) is 6.92. The number of aromatic hydroxyl groups is 1. The number of phenols is 1. The molecule has 0 bridgehead atoms. The molecule has 19 heavy (non-hydrogen) atoms. The predicted octanol–water partition coefficient (Wildman–Crippen LogP) is 2.29. The first kappa shape index (κ1) is 14.2. The van der Waals surface area contributed by atoms with E-state index < -0.39 is 0 Å². The summed E-state index contributed by atoms with van der Waals surface area (Å²) in [5, 5.41) is 13.3. The van der Waals surface area contributed by atoms with E-state index in [1.807, 2.05) is 26.1 Å². The molecule has 1 aliphatic heterocycles. The first-order valence-electron chi connectivity index (χ1n) is 6.92. The maximum atomic E-state index is 10.2. The van der Waals surface area contributed by atoms with E-state index in [1.165, 1.54) is 0 Å². The lowest BCUT2D eigenvalue weighted by atomic mass is 10.1. The topological polar surface area (TPSA) is 44.7 Å². The SMILES string of the molecule is CNC(C)c1ccc(N2CC(C)OC(C)C2)cc1O. The van der Waals surface area contributed by atoms with Gasteiger partial charge in [0.15, 0.2) is 0 Å². The third-order valence-electron chi connectivity index (χ3n) is 3.70. The van der Waals surface area contributed by atoms with E-state index in [2.05, 4.69) is 30.1 Å². The van der Waals surface area contributed by atoms with E-state index in [4.69, 9.17) is 4.74 Å². The standard InChI is InChI=1S/C15H24N2O2/c1-10-8-17(9-11(2)19-10)13-5-6-14(12(3)16-4)15(18)7-13/h5-7,10-12,16,18H,8-9H2,1-4H3. The van der Waals surface area contributed by atoms with E-state index in [-0.39, 0.29) is 18.2 Å². The van der Waals surface area contributed by atoms with E-state index in [0.29, 0.717) is 5.75 Å². The van der Waals surface area contributed by atoms with Crippen LogP contribution in [0.1, 0.15) is 32.4 Å². The molecule has 1 heterocycles. The number of hydrogen-bond acceptors (Lipinski definition) is 4. The van der Waals surface area contributed by atoms with Gasteiger partial charge >= 0.3 is 0 Å². The van der Waals surface area contributed by atoms with Crippen LogP contribution in [0.5, 0.6) is 5.75 Å². The molecule has 1 fully saturated rings. The second kappa shape index (κ2) is 5.80. The van der Waals surface area contributed by atoms with Gasteiger partial charge in [-0.2, -0.15) is 0 Å². The van der Waals surface area contributed by atoms with Crippen molar-refractivity contribution in [3.05, 3.63) is 23.8 Å². The summed E-state index contributed by atoms with van der Waals surface area (Å²) in [6.07, 6.45) is 0.448. The quantitative estimate of drug-likeness (QED) is 0.879. The zero-order valence-corrected chi connectivity index (χ0v) is 12.2. The molecule has 0 aliphatic carbocycles. The summed E-state index contributed by atoms with van der Waals surface area (Å²) in [5.41, 5.74) is 1.99. The van der Waals surface area contributed by atoms with Crippen molar-refractivity contribution in [2.45, 2.75) is 39.0 Å². The lowest BCUT2D eigenvalue weighted by Crippen LogP contribution is -2.45. The van der Waals surface area contributed by atoms with Crippen molar-refractivity contribution in [2.24, 2.45) is 0 Å². The Kier molecular flexibility index (Phi) is 4.32. The number of phenolic OH excluding ortho intramolecular Hbond substituents is 1. The second-order valence-corrected chi connectivity index (χ2v) is 5.42. The number of ether oxygens (including phenoxy) is 1. The molecule has 0 radical (unpaired) electrons. The van der Waals surface area contributed by atoms with Crippen LogP contribution in [0.2, 0.25) is 0 Å². The molecule has 3 atom stereocenters. The molecular formula is C15H24N2O2. The van der Waals surface area contributed by atoms with E-state index in [0.717, 1.165) is 24.3 Å². The van der Waals surface area contributed by atoms with Crippen molar-refractivity contribution < 1.29 is 9.84 Å². The number of morpholine rings is 1. The zero-order valence-electron chi connectivity index (χ0n) is 12.2. The van der Waals surface area contributed by atoms with Crippen LogP contribution in [0.25, 0.3) is 0 Å². The van der Waals surface area contributed by atoms with Crippen molar-refractivity contribution in [2.75, 3.05) is 25.0 Å². The van der Waals surface area contributed by atoms with Gasteiger partial charge < -0.3 is 20.1 Å². The van der Waals surface area contributed by atoms with Gasteiger partial charge in [0.05, 0.1) is 12.2 Å². The highest BCUT2D eigenvalue weighted by molar-refractivity contribution is 5.54. The molecule has 0 amide bonds. The normalized spacial score (nSPS) is 25.4. The number of nitrogens with zero attached hydrogens (tertiary/aromatic N) is 1. The van der Waals surface area contributed by atoms with Crippen LogP contribution in [-0.4, -0.2) is 37.5 Å². The predicted molar refractivity (Wildman–Crippen MR) is 77.8 cm³/mol. The molecule has 2 rings (SSSR count). The molecule has 1 aliphatic rings. The second-order valence-electron chi connectivity index (χ2n) is 5.42. The van der Waals surface area contributed by atoms with Gasteiger partial charge in [0, 0.05) is 36.4 Å². The summed E-state index contributed by atoms with van der Waals surface area (Å²) >= 11 is 0. The maximum Gasteiger partial charge on any atom is 0.122 e. The Morgan fingerprint density at radius 2 is 1.95 bits per heavy atom. The largest absolute Gasteiger partial charge is 0.508 e. The number of hydrogen-bond donors (Lipinski definition) is 2. The van der Waals surface area contributed by atoms with E-state index in [1.54, 1.807) is 0 Å². The molecule has 0 aromatic heterocycles. The Balaban J connectivity index is 2.19. The molecule has 2 N–H and O–H groups in total. The Bertz CT molecular complexity index is 426. The lowest BCUT2D eigenvalue weighted by molar-refractivity contribution is -0.00523. The summed E-state index contributed by atoms with van der Waals surface area (Å²) in [7, 11) is 1.89. The molecular weight excluding hydrogens is 240 g/mol. The molecule has 3 unspecified atom stereocenters. The van der Waals surface area contributed by atoms with Gasteiger partial charge in [-0.05, 0) is 33.9 Å². The molecule has 0 saturated carbocycles. The molecule has 4 nitrogen and oxygen atoms in total. The van der Waals surface area contributed by atoms with Crippen LogP contribution >= 0.6 is 0 Å². The van der Waals surface area contributed by atoms with Gasteiger partial charge in [-0.1, -0.05) is 6.07 Å². The molecule has 1 saturated heterocycles. The Morgan fingerprint density at radius 1 is 1.32 bits per heavy atom. The highest BCUT2D eigenvalue weighted by Gasteiger charge is 2.23. The monoisotopic (exact) mass is 264 g/mol. The molecule has 106 valence electrons. The lowest BCUT2D eigenvalue weighted by Gasteiger charge is -2.37. The summed E-state index contributed by atoms with van der Waals surface area (Å²) in [4.78, 5) is 2.27. The molecule has 4 heteroatoms. The fourth-order valence-corrected chi connectivity index (χ4v) is 2.64. The fourth-order valence-electron chi connectivity index (χ4n) is 2.64. The molecule has 1 aromatic rings. The van der Waals surface area contributed by atoms with Crippen molar-refractivity contribution in [3.63, 3.8) is 0 Å².